The lowest BCUT2D eigenvalue weighted by molar-refractivity contribution is 0.612. The van der Waals surface area contributed by atoms with Crippen LogP contribution in [-0.2, 0) is 0 Å². The minimum atomic E-state index is 0.485. The van der Waals surface area contributed by atoms with Crippen molar-refractivity contribution >= 4 is 0 Å². The standard InChI is InChI=1S/C11H18/c1-4-7-8-10-11(6-3)9-5-2/h6,9,11H,2-4,7-8,10H2,1H3. The minimum Gasteiger partial charge on any atom is -0.132 e. The Morgan fingerprint density at radius 2 is 2.18 bits per heavy atom. The molecule has 0 fully saturated rings. The molecule has 0 radical (unpaired) electrons. The Morgan fingerprint density at radius 3 is 2.64 bits per heavy atom. The number of hydrogen-bond donors (Lipinski definition) is 0. The van der Waals surface area contributed by atoms with Crippen LogP contribution in [0, 0.1) is 5.92 Å². The first kappa shape index (κ1) is 10.3. The van der Waals surface area contributed by atoms with Gasteiger partial charge in [0.05, 0.1) is 0 Å². The average Bonchev–Trinajstić information content (AvgIpc) is 2.03. The van der Waals surface area contributed by atoms with Gasteiger partial charge in [-0.2, -0.15) is 0 Å². The summed E-state index contributed by atoms with van der Waals surface area (Å²) in [5.74, 6) is 0.485. The van der Waals surface area contributed by atoms with Crippen LogP contribution in [0.1, 0.15) is 32.6 Å². The summed E-state index contributed by atoms with van der Waals surface area (Å²) in [6, 6.07) is 0. The van der Waals surface area contributed by atoms with Crippen LogP contribution >= 0.6 is 0 Å². The highest BCUT2D eigenvalue weighted by Crippen LogP contribution is 2.11. The molecule has 0 aliphatic carbocycles. The summed E-state index contributed by atoms with van der Waals surface area (Å²) < 4.78 is 0. The van der Waals surface area contributed by atoms with Crippen molar-refractivity contribution in [1.82, 2.24) is 0 Å². The summed E-state index contributed by atoms with van der Waals surface area (Å²) >= 11 is 0. The van der Waals surface area contributed by atoms with Crippen LogP contribution in [0.25, 0.3) is 0 Å². The predicted octanol–water partition coefficient (Wildman–Crippen LogP) is 3.71. The van der Waals surface area contributed by atoms with Gasteiger partial charge in [0.25, 0.3) is 0 Å². The molecule has 62 valence electrons. The third-order valence-electron chi connectivity index (χ3n) is 1.78. The van der Waals surface area contributed by atoms with Gasteiger partial charge in [-0.15, -0.1) is 12.3 Å². The molecule has 0 aliphatic heterocycles. The first-order valence-electron chi connectivity index (χ1n) is 4.33. The zero-order valence-corrected chi connectivity index (χ0v) is 7.47. The Morgan fingerprint density at radius 1 is 1.45 bits per heavy atom. The van der Waals surface area contributed by atoms with Crippen molar-refractivity contribution in [2.24, 2.45) is 5.92 Å². The van der Waals surface area contributed by atoms with E-state index in [0.717, 1.165) is 0 Å². The third-order valence-corrected chi connectivity index (χ3v) is 1.78. The Bertz CT molecular complexity index is 138. The number of rotatable bonds is 6. The second-order valence-electron chi connectivity index (χ2n) is 2.77. The molecular weight excluding hydrogens is 132 g/mol. The molecule has 1 atom stereocenters. The molecule has 0 aliphatic rings. The molecule has 0 heteroatoms. The monoisotopic (exact) mass is 150 g/mol. The summed E-state index contributed by atoms with van der Waals surface area (Å²) in [4.78, 5) is 0. The van der Waals surface area contributed by atoms with Gasteiger partial charge in [0.1, 0.15) is 0 Å². The number of unbranched alkanes of at least 4 members (excludes halogenated alkanes) is 2. The number of allylic oxidation sites excluding steroid dienone is 2. The second-order valence-corrected chi connectivity index (χ2v) is 2.77. The fraction of sp³-hybridized carbons (Fsp3) is 0.545. The molecule has 0 heterocycles. The molecular formula is C11H18. The molecule has 0 aromatic rings. The van der Waals surface area contributed by atoms with E-state index in [0.29, 0.717) is 5.92 Å². The van der Waals surface area contributed by atoms with Crippen molar-refractivity contribution in [3.63, 3.8) is 0 Å². The summed E-state index contributed by atoms with van der Waals surface area (Å²) in [5, 5.41) is 0. The molecule has 1 unspecified atom stereocenters. The smallest absolute Gasteiger partial charge is 0.00195 e. The van der Waals surface area contributed by atoms with Gasteiger partial charge in [0, 0.05) is 5.92 Å². The molecule has 0 saturated carbocycles. The van der Waals surface area contributed by atoms with Crippen LogP contribution in [0.4, 0.5) is 0 Å². The fourth-order valence-corrected chi connectivity index (χ4v) is 1.05. The van der Waals surface area contributed by atoms with Crippen molar-refractivity contribution in [3.05, 3.63) is 31.0 Å². The van der Waals surface area contributed by atoms with Gasteiger partial charge in [-0.25, -0.2) is 0 Å². The highest BCUT2D eigenvalue weighted by atomic mass is 14.0. The lowest BCUT2D eigenvalue weighted by Gasteiger charge is -2.03. The maximum Gasteiger partial charge on any atom is 0.00195 e. The molecule has 0 saturated heterocycles. The van der Waals surface area contributed by atoms with Gasteiger partial charge < -0.3 is 0 Å². The Kier molecular flexibility index (Phi) is 6.87. The molecule has 0 bridgehead atoms. The van der Waals surface area contributed by atoms with Crippen molar-refractivity contribution in [3.8, 4) is 0 Å². The van der Waals surface area contributed by atoms with E-state index in [1.54, 1.807) is 0 Å². The van der Waals surface area contributed by atoms with Gasteiger partial charge in [0.2, 0.25) is 0 Å². The van der Waals surface area contributed by atoms with E-state index in [1.807, 2.05) is 12.2 Å². The van der Waals surface area contributed by atoms with Crippen molar-refractivity contribution in [1.29, 1.82) is 0 Å². The molecule has 0 spiro atoms. The summed E-state index contributed by atoms with van der Waals surface area (Å²) in [5.41, 5.74) is 2.80. The van der Waals surface area contributed by atoms with Crippen LogP contribution < -0.4 is 0 Å². The predicted molar refractivity (Wildman–Crippen MR) is 51.5 cm³/mol. The van der Waals surface area contributed by atoms with Crippen LogP contribution in [0.5, 0.6) is 0 Å². The summed E-state index contributed by atoms with van der Waals surface area (Å²) in [7, 11) is 0. The topological polar surface area (TPSA) is 0 Å². The molecule has 0 rings (SSSR count). The molecule has 0 nitrogen and oxygen atoms in total. The second kappa shape index (κ2) is 7.37. The summed E-state index contributed by atoms with van der Waals surface area (Å²) in [6.07, 6.45) is 9.03. The average molecular weight is 150 g/mol. The SMILES string of the molecule is C=C=CC(C=C)CCCCC. The van der Waals surface area contributed by atoms with Crippen LogP contribution in [0.15, 0.2) is 31.0 Å². The Balaban J connectivity index is 3.52. The van der Waals surface area contributed by atoms with Gasteiger partial charge in [-0.05, 0) is 12.5 Å². The van der Waals surface area contributed by atoms with E-state index >= 15 is 0 Å². The van der Waals surface area contributed by atoms with Crippen molar-refractivity contribution in [2.75, 3.05) is 0 Å². The van der Waals surface area contributed by atoms with E-state index < -0.39 is 0 Å². The largest absolute Gasteiger partial charge is 0.132 e. The first-order chi connectivity index (χ1) is 5.35. The Labute approximate surface area is 70.3 Å². The van der Waals surface area contributed by atoms with Gasteiger partial charge in [-0.1, -0.05) is 38.8 Å². The number of hydrogen-bond acceptors (Lipinski definition) is 0. The Hall–Kier alpha value is -0.740. The lowest BCUT2D eigenvalue weighted by atomic mass is 10.0. The van der Waals surface area contributed by atoms with Gasteiger partial charge in [0.15, 0.2) is 0 Å². The quantitative estimate of drug-likeness (QED) is 0.307. The summed E-state index contributed by atoms with van der Waals surface area (Å²) in [6.45, 7) is 9.52. The maximum absolute atomic E-state index is 3.76. The molecule has 0 aromatic carbocycles. The van der Waals surface area contributed by atoms with Crippen molar-refractivity contribution < 1.29 is 0 Å². The maximum atomic E-state index is 3.76. The van der Waals surface area contributed by atoms with E-state index in [9.17, 15) is 0 Å². The van der Waals surface area contributed by atoms with Crippen LogP contribution in [0.3, 0.4) is 0 Å². The fourth-order valence-electron chi connectivity index (χ4n) is 1.05. The van der Waals surface area contributed by atoms with Crippen LogP contribution in [-0.4, -0.2) is 0 Å². The molecule has 11 heavy (non-hydrogen) atoms. The van der Waals surface area contributed by atoms with E-state index in [4.69, 9.17) is 0 Å². The molecule has 0 aromatic heterocycles. The van der Waals surface area contributed by atoms with E-state index in [1.165, 1.54) is 25.7 Å². The highest BCUT2D eigenvalue weighted by molar-refractivity contribution is 4.94. The highest BCUT2D eigenvalue weighted by Gasteiger charge is 1.96. The molecule has 0 amide bonds. The van der Waals surface area contributed by atoms with Gasteiger partial charge in [-0.3, -0.25) is 0 Å². The van der Waals surface area contributed by atoms with E-state index in [-0.39, 0.29) is 0 Å². The first-order valence-corrected chi connectivity index (χ1v) is 4.33. The zero-order chi connectivity index (χ0) is 8.53. The van der Waals surface area contributed by atoms with Gasteiger partial charge >= 0.3 is 0 Å². The van der Waals surface area contributed by atoms with Crippen LogP contribution in [0.2, 0.25) is 0 Å². The lowest BCUT2D eigenvalue weighted by Crippen LogP contribution is -1.89. The molecule has 0 N–H and O–H groups in total. The normalized spacial score (nSPS) is 11.7. The minimum absolute atomic E-state index is 0.485. The third kappa shape index (κ3) is 5.69. The zero-order valence-electron chi connectivity index (χ0n) is 7.47. The van der Waals surface area contributed by atoms with Crippen molar-refractivity contribution in [2.45, 2.75) is 32.6 Å². The van der Waals surface area contributed by atoms with E-state index in [2.05, 4.69) is 25.8 Å².